The molecule has 0 aromatic carbocycles. The highest BCUT2D eigenvalue weighted by atomic mass is 16.2. The van der Waals surface area contributed by atoms with Crippen molar-refractivity contribution in [1.29, 1.82) is 0 Å². The van der Waals surface area contributed by atoms with Crippen molar-refractivity contribution in [2.24, 2.45) is 0 Å². The van der Waals surface area contributed by atoms with Crippen LogP contribution in [-0.4, -0.2) is 43.6 Å². The second kappa shape index (κ2) is 5.02. The molecule has 4 rings (SSSR count). The number of fused-ring (bicyclic) bond motifs is 1. The number of amides is 1. The Morgan fingerprint density at radius 3 is 3.14 bits per heavy atom. The Kier molecular flexibility index (Phi) is 3.02. The molecule has 0 saturated carbocycles. The van der Waals surface area contributed by atoms with Crippen molar-refractivity contribution in [2.45, 2.75) is 38.1 Å². The van der Waals surface area contributed by atoms with E-state index in [0.717, 1.165) is 56.5 Å². The van der Waals surface area contributed by atoms with Gasteiger partial charge in [0.25, 0.3) is 5.91 Å². The summed E-state index contributed by atoms with van der Waals surface area (Å²) in [4.78, 5) is 18.8. The van der Waals surface area contributed by atoms with E-state index in [2.05, 4.69) is 19.7 Å². The van der Waals surface area contributed by atoms with Crippen molar-refractivity contribution in [3.05, 3.63) is 35.7 Å². The number of carbonyl (C=O) groups excluding carboxylic acids is 1. The third kappa shape index (κ3) is 2.14. The second-order valence-electron chi connectivity index (χ2n) is 5.94. The van der Waals surface area contributed by atoms with Gasteiger partial charge in [0.05, 0.1) is 12.4 Å². The van der Waals surface area contributed by atoms with Gasteiger partial charge in [-0.15, -0.1) is 0 Å². The minimum Gasteiger partial charge on any atom is -0.335 e. The average Bonchev–Trinajstić information content (AvgIpc) is 3.23. The molecule has 2 aromatic heterocycles. The Bertz CT molecular complexity index is 645. The molecule has 1 aliphatic carbocycles. The van der Waals surface area contributed by atoms with Gasteiger partial charge in [-0.25, -0.2) is 4.98 Å². The lowest BCUT2D eigenvalue weighted by molar-refractivity contribution is 0.0672. The van der Waals surface area contributed by atoms with Gasteiger partial charge in [-0.1, -0.05) is 0 Å². The molecular weight excluding hydrogens is 266 g/mol. The molecule has 1 saturated heterocycles. The number of aromatic nitrogens is 4. The van der Waals surface area contributed by atoms with Crippen LogP contribution < -0.4 is 0 Å². The van der Waals surface area contributed by atoms with E-state index in [9.17, 15) is 4.79 Å². The molecule has 0 bridgehead atoms. The van der Waals surface area contributed by atoms with Crippen molar-refractivity contribution in [3.8, 4) is 0 Å². The first-order chi connectivity index (χ1) is 10.3. The quantitative estimate of drug-likeness (QED) is 0.911. The zero-order chi connectivity index (χ0) is 14.2. The summed E-state index contributed by atoms with van der Waals surface area (Å²) in [6.07, 6.45) is 10.9. The van der Waals surface area contributed by atoms with Gasteiger partial charge < -0.3 is 9.47 Å². The Labute approximate surface area is 123 Å². The van der Waals surface area contributed by atoms with Crippen molar-refractivity contribution < 1.29 is 4.79 Å². The van der Waals surface area contributed by atoms with Crippen LogP contribution in [0.2, 0.25) is 0 Å². The number of piperidine rings is 1. The topological polar surface area (TPSA) is 66.8 Å². The summed E-state index contributed by atoms with van der Waals surface area (Å²) >= 11 is 0. The highest BCUT2D eigenvalue weighted by molar-refractivity contribution is 5.94. The number of imidazole rings is 1. The summed E-state index contributed by atoms with van der Waals surface area (Å²) < 4.78 is 2.11. The van der Waals surface area contributed by atoms with E-state index in [0.29, 0.717) is 11.7 Å². The highest BCUT2D eigenvalue weighted by Gasteiger charge is 2.30. The Balaban J connectivity index is 1.54. The predicted octanol–water partition coefficient (Wildman–Crippen LogP) is 1.57. The summed E-state index contributed by atoms with van der Waals surface area (Å²) in [5.41, 5.74) is 2.94. The maximum Gasteiger partial charge on any atom is 0.274 e. The zero-order valence-corrected chi connectivity index (χ0v) is 12.0. The number of hydrogen-bond donors (Lipinski definition) is 1. The molecular formula is C15H19N5O. The fraction of sp³-hybridized carbons (Fsp3) is 0.533. The van der Waals surface area contributed by atoms with Crippen LogP contribution >= 0.6 is 0 Å². The van der Waals surface area contributed by atoms with E-state index in [1.54, 1.807) is 6.20 Å². The predicted molar refractivity (Wildman–Crippen MR) is 77.0 cm³/mol. The van der Waals surface area contributed by atoms with E-state index in [-0.39, 0.29) is 5.91 Å². The molecule has 1 aliphatic heterocycles. The lowest BCUT2D eigenvalue weighted by Crippen LogP contribution is -2.41. The average molecular weight is 285 g/mol. The zero-order valence-electron chi connectivity index (χ0n) is 12.0. The Morgan fingerprint density at radius 2 is 2.29 bits per heavy atom. The molecule has 2 aliphatic rings. The maximum atomic E-state index is 12.8. The maximum absolute atomic E-state index is 12.8. The minimum absolute atomic E-state index is 0.0826. The van der Waals surface area contributed by atoms with E-state index in [1.807, 2.05) is 17.4 Å². The molecule has 6 nitrogen and oxygen atoms in total. The van der Waals surface area contributed by atoms with Gasteiger partial charge in [0.2, 0.25) is 0 Å². The summed E-state index contributed by atoms with van der Waals surface area (Å²) in [5, 5.41) is 7.30. The lowest BCUT2D eigenvalue weighted by atomic mass is 10.0. The first-order valence-corrected chi connectivity index (χ1v) is 7.66. The highest BCUT2D eigenvalue weighted by Crippen LogP contribution is 2.26. The number of rotatable bonds is 2. The van der Waals surface area contributed by atoms with Crippen LogP contribution in [0.15, 0.2) is 18.7 Å². The number of H-pyrrole nitrogens is 1. The number of likely N-dealkylation sites (tertiary alicyclic amines) is 1. The fourth-order valence-corrected chi connectivity index (χ4v) is 3.51. The summed E-state index contributed by atoms with van der Waals surface area (Å²) in [5.74, 6) is 0.0826. The monoisotopic (exact) mass is 285 g/mol. The third-order valence-corrected chi connectivity index (χ3v) is 4.64. The Morgan fingerprint density at radius 1 is 1.33 bits per heavy atom. The molecule has 1 fully saturated rings. The van der Waals surface area contributed by atoms with E-state index in [4.69, 9.17) is 0 Å². The van der Waals surface area contributed by atoms with Gasteiger partial charge in [0, 0.05) is 36.7 Å². The number of carbonyl (C=O) groups is 1. The number of nitrogens with zero attached hydrogens (tertiary/aromatic N) is 4. The molecule has 0 radical (unpaired) electrons. The van der Waals surface area contributed by atoms with E-state index < -0.39 is 0 Å². The second-order valence-corrected chi connectivity index (χ2v) is 5.94. The molecule has 21 heavy (non-hydrogen) atoms. The van der Waals surface area contributed by atoms with Crippen LogP contribution in [0.5, 0.6) is 0 Å². The molecule has 0 spiro atoms. The molecule has 6 heteroatoms. The standard InChI is InChI=1S/C15H19N5O/c21-15(14-12-4-1-5-13(12)17-18-14)19-7-2-3-11(9-19)20-8-6-16-10-20/h6,8,10-11H,1-5,7,9H2,(H,17,18)/t11-/m1/s1. The number of hydrogen-bond acceptors (Lipinski definition) is 3. The van der Waals surface area contributed by atoms with Crippen LogP contribution in [-0.2, 0) is 12.8 Å². The van der Waals surface area contributed by atoms with Crippen molar-refractivity contribution in [2.75, 3.05) is 13.1 Å². The molecule has 1 N–H and O–H groups in total. The van der Waals surface area contributed by atoms with Crippen LogP contribution in [0.25, 0.3) is 0 Å². The normalized spacial score (nSPS) is 21.5. The van der Waals surface area contributed by atoms with E-state index in [1.165, 1.54) is 0 Å². The third-order valence-electron chi connectivity index (χ3n) is 4.64. The molecule has 1 atom stereocenters. The first kappa shape index (κ1) is 12.6. The fourth-order valence-electron chi connectivity index (χ4n) is 3.51. The van der Waals surface area contributed by atoms with Gasteiger partial charge in [0.1, 0.15) is 0 Å². The largest absolute Gasteiger partial charge is 0.335 e. The van der Waals surface area contributed by atoms with Crippen molar-refractivity contribution in [1.82, 2.24) is 24.6 Å². The number of nitrogens with one attached hydrogen (secondary N) is 1. The number of aryl methyl sites for hydroxylation is 1. The van der Waals surface area contributed by atoms with Gasteiger partial charge in [-0.05, 0) is 32.1 Å². The molecule has 3 heterocycles. The summed E-state index contributed by atoms with van der Waals surface area (Å²) in [6, 6.07) is 0.331. The molecule has 1 amide bonds. The van der Waals surface area contributed by atoms with Gasteiger partial charge in [-0.3, -0.25) is 9.89 Å². The smallest absolute Gasteiger partial charge is 0.274 e. The lowest BCUT2D eigenvalue weighted by Gasteiger charge is -2.33. The first-order valence-electron chi connectivity index (χ1n) is 7.66. The van der Waals surface area contributed by atoms with Gasteiger partial charge >= 0.3 is 0 Å². The van der Waals surface area contributed by atoms with E-state index >= 15 is 0 Å². The van der Waals surface area contributed by atoms with Crippen LogP contribution in [0, 0.1) is 0 Å². The van der Waals surface area contributed by atoms with Crippen LogP contribution in [0.1, 0.15) is 47.1 Å². The van der Waals surface area contributed by atoms with Crippen molar-refractivity contribution >= 4 is 5.91 Å². The molecule has 110 valence electrons. The number of aromatic amines is 1. The SMILES string of the molecule is O=C(c1n[nH]c2c1CCC2)N1CCC[C@@H](n2ccnc2)C1. The van der Waals surface area contributed by atoms with Crippen LogP contribution in [0.3, 0.4) is 0 Å². The minimum atomic E-state index is 0.0826. The Hall–Kier alpha value is -2.11. The summed E-state index contributed by atoms with van der Waals surface area (Å²) in [7, 11) is 0. The van der Waals surface area contributed by atoms with Crippen LogP contribution in [0.4, 0.5) is 0 Å². The van der Waals surface area contributed by atoms with Gasteiger partial charge in [0.15, 0.2) is 5.69 Å². The summed E-state index contributed by atoms with van der Waals surface area (Å²) in [6.45, 7) is 1.57. The molecule has 0 unspecified atom stereocenters. The van der Waals surface area contributed by atoms with Gasteiger partial charge in [-0.2, -0.15) is 5.10 Å². The molecule has 2 aromatic rings. The van der Waals surface area contributed by atoms with Crippen molar-refractivity contribution in [3.63, 3.8) is 0 Å².